The van der Waals surface area contributed by atoms with Crippen molar-refractivity contribution in [2.45, 2.75) is 59.0 Å². The summed E-state index contributed by atoms with van der Waals surface area (Å²) in [5, 5.41) is 3.55. The lowest BCUT2D eigenvalue weighted by molar-refractivity contribution is 0.242. The highest BCUT2D eigenvalue weighted by molar-refractivity contribution is 4.68. The topological polar surface area (TPSA) is 15.3 Å². The van der Waals surface area contributed by atoms with E-state index in [0.717, 1.165) is 6.54 Å². The number of unbranched alkanes of at least 4 members (excludes halogenated alkanes) is 1. The van der Waals surface area contributed by atoms with E-state index in [0.29, 0.717) is 12.1 Å². The monoisotopic (exact) mass is 200 g/mol. The van der Waals surface area contributed by atoms with E-state index in [1.54, 1.807) is 0 Å². The Bertz CT molecular complexity index is 125. The molecule has 0 heterocycles. The molecule has 0 rings (SSSR count). The lowest BCUT2D eigenvalue weighted by Gasteiger charge is -2.26. The second-order valence-corrected chi connectivity index (χ2v) is 4.40. The van der Waals surface area contributed by atoms with Crippen LogP contribution in [0.1, 0.15) is 47.0 Å². The van der Waals surface area contributed by atoms with Crippen LogP contribution in [0.25, 0.3) is 0 Å². The fourth-order valence-electron chi connectivity index (χ4n) is 1.30. The molecular formula is C12H28N2. The van der Waals surface area contributed by atoms with Crippen molar-refractivity contribution in [3.8, 4) is 0 Å². The van der Waals surface area contributed by atoms with Gasteiger partial charge >= 0.3 is 0 Å². The average molecular weight is 200 g/mol. The molecule has 0 aromatic rings. The molecular weight excluding hydrogens is 172 g/mol. The van der Waals surface area contributed by atoms with E-state index in [-0.39, 0.29) is 0 Å². The predicted octanol–water partition coefficient (Wildman–Crippen LogP) is 2.49. The molecule has 0 aliphatic carbocycles. The van der Waals surface area contributed by atoms with Gasteiger partial charge in [0.1, 0.15) is 0 Å². The SMILES string of the molecule is CCCCN(C)C(C)CNC(C)CC. The maximum atomic E-state index is 3.55. The molecule has 0 aromatic heterocycles. The molecule has 2 nitrogen and oxygen atoms in total. The Morgan fingerprint density at radius 3 is 2.36 bits per heavy atom. The van der Waals surface area contributed by atoms with Gasteiger partial charge in [-0.3, -0.25) is 0 Å². The summed E-state index contributed by atoms with van der Waals surface area (Å²) in [4.78, 5) is 2.44. The van der Waals surface area contributed by atoms with E-state index < -0.39 is 0 Å². The first-order chi connectivity index (χ1) is 6.61. The third-order valence-corrected chi connectivity index (χ3v) is 2.99. The summed E-state index contributed by atoms with van der Waals surface area (Å²) in [5.74, 6) is 0. The number of hydrogen-bond donors (Lipinski definition) is 1. The van der Waals surface area contributed by atoms with Crippen LogP contribution in [-0.2, 0) is 0 Å². The van der Waals surface area contributed by atoms with Crippen LogP contribution in [0.3, 0.4) is 0 Å². The van der Waals surface area contributed by atoms with Gasteiger partial charge in [0.15, 0.2) is 0 Å². The molecule has 0 bridgehead atoms. The van der Waals surface area contributed by atoms with Crippen molar-refractivity contribution in [2.75, 3.05) is 20.1 Å². The number of likely N-dealkylation sites (N-methyl/N-ethyl adjacent to an activating group) is 1. The van der Waals surface area contributed by atoms with Gasteiger partial charge in [0, 0.05) is 18.6 Å². The number of nitrogens with one attached hydrogen (secondary N) is 1. The Hall–Kier alpha value is -0.0800. The average Bonchev–Trinajstić information content (AvgIpc) is 2.21. The smallest absolute Gasteiger partial charge is 0.0189 e. The standard InChI is InChI=1S/C12H28N2/c1-6-8-9-14(5)12(4)10-13-11(3)7-2/h11-13H,6-10H2,1-5H3. The molecule has 14 heavy (non-hydrogen) atoms. The summed E-state index contributed by atoms with van der Waals surface area (Å²) in [6, 6.07) is 1.30. The number of rotatable bonds is 8. The molecule has 2 heteroatoms. The van der Waals surface area contributed by atoms with Crippen molar-refractivity contribution in [2.24, 2.45) is 0 Å². The lowest BCUT2D eigenvalue weighted by atomic mass is 10.2. The van der Waals surface area contributed by atoms with E-state index in [1.807, 2.05) is 0 Å². The van der Waals surface area contributed by atoms with E-state index in [2.05, 4.69) is 45.0 Å². The summed E-state index contributed by atoms with van der Waals surface area (Å²) in [5.41, 5.74) is 0. The summed E-state index contributed by atoms with van der Waals surface area (Å²) >= 11 is 0. The maximum absolute atomic E-state index is 3.55. The van der Waals surface area contributed by atoms with E-state index in [1.165, 1.54) is 25.8 Å². The third-order valence-electron chi connectivity index (χ3n) is 2.99. The molecule has 0 radical (unpaired) electrons. The Morgan fingerprint density at radius 2 is 1.86 bits per heavy atom. The first-order valence-corrected chi connectivity index (χ1v) is 6.05. The number of nitrogens with zero attached hydrogens (tertiary/aromatic N) is 1. The Balaban J connectivity index is 3.55. The summed E-state index contributed by atoms with van der Waals surface area (Å²) in [6.07, 6.45) is 3.81. The Kier molecular flexibility index (Phi) is 8.20. The zero-order chi connectivity index (χ0) is 11.0. The van der Waals surface area contributed by atoms with Gasteiger partial charge in [0.05, 0.1) is 0 Å². The van der Waals surface area contributed by atoms with Gasteiger partial charge in [0.25, 0.3) is 0 Å². The molecule has 0 saturated heterocycles. The third kappa shape index (κ3) is 6.39. The first kappa shape index (κ1) is 13.9. The molecule has 2 unspecified atom stereocenters. The van der Waals surface area contributed by atoms with Gasteiger partial charge < -0.3 is 10.2 Å². The van der Waals surface area contributed by atoms with Crippen LogP contribution in [-0.4, -0.2) is 37.1 Å². The van der Waals surface area contributed by atoms with Gasteiger partial charge in [-0.15, -0.1) is 0 Å². The zero-order valence-electron chi connectivity index (χ0n) is 10.6. The minimum absolute atomic E-state index is 0.649. The van der Waals surface area contributed by atoms with Crippen molar-refractivity contribution in [3.63, 3.8) is 0 Å². The van der Waals surface area contributed by atoms with Gasteiger partial charge in [0.2, 0.25) is 0 Å². The molecule has 0 saturated carbocycles. The summed E-state index contributed by atoms with van der Waals surface area (Å²) in [7, 11) is 2.22. The van der Waals surface area contributed by atoms with Crippen LogP contribution in [0, 0.1) is 0 Å². The summed E-state index contributed by atoms with van der Waals surface area (Å²) < 4.78 is 0. The molecule has 2 atom stereocenters. The van der Waals surface area contributed by atoms with Crippen molar-refractivity contribution >= 4 is 0 Å². The normalized spacial score (nSPS) is 15.9. The molecule has 0 aromatic carbocycles. The molecule has 0 amide bonds. The van der Waals surface area contributed by atoms with Crippen LogP contribution in [0.15, 0.2) is 0 Å². The van der Waals surface area contributed by atoms with Gasteiger partial charge in [-0.1, -0.05) is 20.3 Å². The Morgan fingerprint density at radius 1 is 1.21 bits per heavy atom. The van der Waals surface area contributed by atoms with E-state index >= 15 is 0 Å². The van der Waals surface area contributed by atoms with Crippen LogP contribution in [0.4, 0.5) is 0 Å². The van der Waals surface area contributed by atoms with Gasteiger partial charge in [-0.2, -0.15) is 0 Å². The molecule has 0 fully saturated rings. The molecule has 86 valence electrons. The van der Waals surface area contributed by atoms with E-state index in [4.69, 9.17) is 0 Å². The molecule has 1 N–H and O–H groups in total. The summed E-state index contributed by atoms with van der Waals surface area (Å²) in [6.45, 7) is 11.3. The van der Waals surface area contributed by atoms with Crippen LogP contribution in [0.2, 0.25) is 0 Å². The second kappa shape index (κ2) is 8.25. The zero-order valence-corrected chi connectivity index (χ0v) is 10.6. The quantitative estimate of drug-likeness (QED) is 0.647. The van der Waals surface area contributed by atoms with E-state index in [9.17, 15) is 0 Å². The highest BCUT2D eigenvalue weighted by Gasteiger charge is 2.08. The lowest BCUT2D eigenvalue weighted by Crippen LogP contribution is -2.41. The van der Waals surface area contributed by atoms with Crippen LogP contribution < -0.4 is 5.32 Å². The molecule has 0 aliphatic heterocycles. The highest BCUT2D eigenvalue weighted by Crippen LogP contribution is 1.98. The van der Waals surface area contributed by atoms with Crippen molar-refractivity contribution in [1.29, 1.82) is 0 Å². The largest absolute Gasteiger partial charge is 0.313 e. The van der Waals surface area contributed by atoms with Gasteiger partial charge in [-0.25, -0.2) is 0 Å². The second-order valence-electron chi connectivity index (χ2n) is 4.40. The predicted molar refractivity (Wildman–Crippen MR) is 64.8 cm³/mol. The molecule has 0 spiro atoms. The van der Waals surface area contributed by atoms with Crippen molar-refractivity contribution in [3.05, 3.63) is 0 Å². The Labute approximate surface area is 90.1 Å². The minimum atomic E-state index is 0.649. The maximum Gasteiger partial charge on any atom is 0.0189 e. The van der Waals surface area contributed by atoms with Crippen LogP contribution >= 0.6 is 0 Å². The van der Waals surface area contributed by atoms with Crippen molar-refractivity contribution < 1.29 is 0 Å². The fourth-order valence-corrected chi connectivity index (χ4v) is 1.30. The van der Waals surface area contributed by atoms with Crippen LogP contribution in [0.5, 0.6) is 0 Å². The van der Waals surface area contributed by atoms with Gasteiger partial charge in [-0.05, 0) is 40.3 Å². The highest BCUT2D eigenvalue weighted by atomic mass is 15.1. The first-order valence-electron chi connectivity index (χ1n) is 6.05. The fraction of sp³-hybridized carbons (Fsp3) is 1.00. The number of hydrogen-bond acceptors (Lipinski definition) is 2. The minimum Gasteiger partial charge on any atom is -0.313 e. The molecule has 0 aliphatic rings. The van der Waals surface area contributed by atoms with Crippen molar-refractivity contribution in [1.82, 2.24) is 10.2 Å².